The molecule has 0 aliphatic heterocycles. The first-order chi connectivity index (χ1) is 7.34. The number of carbonyl (C=O) groups is 2. The van der Waals surface area contributed by atoms with Crippen LogP contribution in [0.2, 0.25) is 0 Å². The van der Waals surface area contributed by atoms with E-state index in [-0.39, 0.29) is 17.1 Å². The molecule has 1 aromatic rings. The SMILES string of the molecule is N=C(N)N.O=C(O)c1ccc(C(=O)O)cc1. The highest BCUT2D eigenvalue weighted by atomic mass is 16.4. The Morgan fingerprint density at radius 2 is 1.12 bits per heavy atom. The summed E-state index contributed by atoms with van der Waals surface area (Å²) in [4.78, 5) is 20.7. The number of carboxylic acids is 2. The Morgan fingerprint density at radius 1 is 0.938 bits per heavy atom. The van der Waals surface area contributed by atoms with E-state index in [2.05, 4.69) is 11.5 Å². The Kier molecular flexibility index (Phi) is 5.05. The summed E-state index contributed by atoms with van der Waals surface area (Å²) in [6, 6.07) is 5.02. The Balaban J connectivity index is 0.000000487. The standard InChI is InChI=1S/C8H6O4.CH5N3/c9-7(10)5-1-2-6(4-3-5)8(11)12;2-1(3)4/h1-4H,(H,9,10)(H,11,12);(H5,2,3,4). The maximum Gasteiger partial charge on any atom is 0.335 e. The molecule has 0 aromatic heterocycles. The van der Waals surface area contributed by atoms with Gasteiger partial charge >= 0.3 is 11.9 Å². The van der Waals surface area contributed by atoms with Crippen LogP contribution in [-0.2, 0) is 0 Å². The second kappa shape index (κ2) is 6.02. The fraction of sp³-hybridized carbons (Fsp3) is 0. The molecule has 16 heavy (non-hydrogen) atoms. The Hall–Kier alpha value is -2.57. The number of nitrogens with one attached hydrogen (secondary N) is 1. The largest absolute Gasteiger partial charge is 0.478 e. The smallest absolute Gasteiger partial charge is 0.335 e. The molecule has 86 valence electrons. The second-order valence-electron chi connectivity index (χ2n) is 2.64. The van der Waals surface area contributed by atoms with Crippen LogP contribution in [-0.4, -0.2) is 28.1 Å². The van der Waals surface area contributed by atoms with Gasteiger partial charge < -0.3 is 21.7 Å². The number of rotatable bonds is 2. The third-order valence-electron chi connectivity index (χ3n) is 1.38. The lowest BCUT2D eigenvalue weighted by Crippen LogP contribution is -2.20. The fourth-order valence-electron chi connectivity index (χ4n) is 0.755. The molecule has 0 radical (unpaired) electrons. The molecule has 0 bridgehead atoms. The molecule has 1 aromatic carbocycles. The van der Waals surface area contributed by atoms with Crippen molar-refractivity contribution in [2.75, 3.05) is 0 Å². The Bertz CT molecular complexity index is 363. The molecule has 0 unspecified atom stereocenters. The Morgan fingerprint density at radius 3 is 1.25 bits per heavy atom. The normalized spacial score (nSPS) is 8.50. The molecule has 1 rings (SSSR count). The van der Waals surface area contributed by atoms with Crippen LogP contribution in [0.25, 0.3) is 0 Å². The van der Waals surface area contributed by atoms with Gasteiger partial charge in [0.2, 0.25) is 0 Å². The number of hydrogen-bond acceptors (Lipinski definition) is 3. The van der Waals surface area contributed by atoms with E-state index >= 15 is 0 Å². The van der Waals surface area contributed by atoms with Gasteiger partial charge in [0, 0.05) is 0 Å². The van der Waals surface area contributed by atoms with Crippen LogP contribution in [0.1, 0.15) is 20.7 Å². The van der Waals surface area contributed by atoms with Crippen LogP contribution in [0, 0.1) is 5.41 Å². The zero-order valence-electron chi connectivity index (χ0n) is 8.18. The van der Waals surface area contributed by atoms with Crippen molar-refractivity contribution in [2.24, 2.45) is 11.5 Å². The number of guanidine groups is 1. The molecule has 0 saturated heterocycles. The van der Waals surface area contributed by atoms with Gasteiger partial charge in [0.1, 0.15) is 0 Å². The molecule has 7 N–H and O–H groups in total. The molecule has 7 nitrogen and oxygen atoms in total. The van der Waals surface area contributed by atoms with Crippen LogP contribution in [0.5, 0.6) is 0 Å². The minimum absolute atomic E-state index is 0.0833. The predicted octanol–water partition coefficient (Wildman–Crippen LogP) is -0.0784. The van der Waals surface area contributed by atoms with Crippen LogP contribution in [0.15, 0.2) is 24.3 Å². The fourth-order valence-corrected chi connectivity index (χ4v) is 0.755. The highest BCUT2D eigenvalue weighted by Gasteiger charge is 2.04. The lowest BCUT2D eigenvalue weighted by molar-refractivity contribution is 0.0681. The van der Waals surface area contributed by atoms with Crippen LogP contribution in [0.4, 0.5) is 0 Å². The van der Waals surface area contributed by atoms with E-state index in [1.807, 2.05) is 0 Å². The number of hydrogen-bond donors (Lipinski definition) is 5. The molecule has 0 aliphatic rings. The maximum atomic E-state index is 10.3. The molecule has 0 aliphatic carbocycles. The predicted molar refractivity (Wildman–Crippen MR) is 56.5 cm³/mol. The number of carboxylic acid groups (broad SMARTS) is 2. The van der Waals surface area contributed by atoms with E-state index in [9.17, 15) is 9.59 Å². The first-order valence-electron chi connectivity index (χ1n) is 4.00. The van der Waals surface area contributed by atoms with E-state index in [0.29, 0.717) is 0 Å². The molecule has 0 fully saturated rings. The van der Waals surface area contributed by atoms with Crippen molar-refractivity contribution in [3.8, 4) is 0 Å². The van der Waals surface area contributed by atoms with E-state index in [1.165, 1.54) is 24.3 Å². The molecule has 7 heteroatoms. The van der Waals surface area contributed by atoms with Gasteiger partial charge in [-0.05, 0) is 24.3 Å². The lowest BCUT2D eigenvalue weighted by Gasteiger charge is -1.94. The van der Waals surface area contributed by atoms with Gasteiger partial charge in [-0.15, -0.1) is 0 Å². The van der Waals surface area contributed by atoms with Gasteiger partial charge in [-0.2, -0.15) is 0 Å². The summed E-state index contributed by atoms with van der Waals surface area (Å²) in [7, 11) is 0. The summed E-state index contributed by atoms with van der Waals surface area (Å²) in [6.07, 6.45) is 0. The number of nitrogens with two attached hydrogens (primary N) is 2. The minimum atomic E-state index is -1.06. The Labute approximate surface area is 90.8 Å². The third kappa shape index (κ3) is 5.22. The van der Waals surface area contributed by atoms with Gasteiger partial charge in [0.05, 0.1) is 11.1 Å². The van der Waals surface area contributed by atoms with Crippen molar-refractivity contribution in [1.82, 2.24) is 0 Å². The summed E-state index contributed by atoms with van der Waals surface area (Å²) in [6.45, 7) is 0. The highest BCUT2D eigenvalue weighted by molar-refractivity contribution is 5.91. The monoisotopic (exact) mass is 225 g/mol. The lowest BCUT2D eigenvalue weighted by atomic mass is 10.1. The average molecular weight is 225 g/mol. The van der Waals surface area contributed by atoms with Crippen molar-refractivity contribution < 1.29 is 19.8 Å². The highest BCUT2D eigenvalue weighted by Crippen LogP contribution is 2.03. The van der Waals surface area contributed by atoms with E-state index in [1.54, 1.807) is 0 Å². The van der Waals surface area contributed by atoms with Crippen molar-refractivity contribution in [3.05, 3.63) is 35.4 Å². The van der Waals surface area contributed by atoms with E-state index in [0.717, 1.165) is 0 Å². The van der Waals surface area contributed by atoms with Gasteiger partial charge in [0.15, 0.2) is 5.96 Å². The molecular weight excluding hydrogens is 214 g/mol. The zero-order valence-corrected chi connectivity index (χ0v) is 8.18. The molecule has 0 atom stereocenters. The summed E-state index contributed by atoms with van der Waals surface area (Å²) in [5.41, 5.74) is 9.11. The van der Waals surface area contributed by atoms with Gasteiger partial charge in [-0.1, -0.05) is 0 Å². The van der Waals surface area contributed by atoms with Crippen LogP contribution >= 0.6 is 0 Å². The van der Waals surface area contributed by atoms with E-state index in [4.69, 9.17) is 15.6 Å². The summed E-state index contributed by atoms with van der Waals surface area (Å²) < 4.78 is 0. The molecule has 0 heterocycles. The molecule has 0 spiro atoms. The minimum Gasteiger partial charge on any atom is -0.478 e. The summed E-state index contributed by atoms with van der Waals surface area (Å²) in [5.74, 6) is -2.46. The van der Waals surface area contributed by atoms with Gasteiger partial charge in [0.25, 0.3) is 0 Å². The third-order valence-corrected chi connectivity index (χ3v) is 1.38. The van der Waals surface area contributed by atoms with Crippen molar-refractivity contribution in [1.29, 1.82) is 5.41 Å². The van der Waals surface area contributed by atoms with Crippen LogP contribution < -0.4 is 11.5 Å². The van der Waals surface area contributed by atoms with Crippen molar-refractivity contribution >= 4 is 17.9 Å². The first kappa shape index (κ1) is 13.4. The topological polar surface area (TPSA) is 150 Å². The summed E-state index contributed by atoms with van der Waals surface area (Å²) in [5, 5.41) is 23.0. The van der Waals surface area contributed by atoms with Crippen LogP contribution in [0.3, 0.4) is 0 Å². The average Bonchev–Trinajstić information content (AvgIpc) is 2.17. The van der Waals surface area contributed by atoms with Gasteiger partial charge in [-0.25, -0.2) is 9.59 Å². The van der Waals surface area contributed by atoms with Crippen molar-refractivity contribution in [3.63, 3.8) is 0 Å². The quantitative estimate of drug-likeness (QED) is 0.351. The first-order valence-corrected chi connectivity index (χ1v) is 4.00. The van der Waals surface area contributed by atoms with Gasteiger partial charge in [-0.3, -0.25) is 5.41 Å². The summed E-state index contributed by atoms with van der Waals surface area (Å²) >= 11 is 0. The zero-order chi connectivity index (χ0) is 12.7. The second-order valence-corrected chi connectivity index (χ2v) is 2.64. The molecule has 0 saturated carbocycles. The van der Waals surface area contributed by atoms with E-state index < -0.39 is 11.9 Å². The van der Waals surface area contributed by atoms with Crippen molar-refractivity contribution in [2.45, 2.75) is 0 Å². The molecule has 0 amide bonds. The maximum absolute atomic E-state index is 10.3. The molecular formula is C9H11N3O4. The number of aromatic carboxylic acids is 2. The number of benzene rings is 1.